The monoisotopic (exact) mass is 167 g/mol. The zero-order valence-electron chi connectivity index (χ0n) is 7.92. The molecule has 0 aromatic heterocycles. The second kappa shape index (κ2) is 2.75. The number of carbonyl (C=O) groups excluding carboxylic acids is 1. The quantitative estimate of drug-likeness (QED) is 0.612. The highest BCUT2D eigenvalue weighted by atomic mass is 16.2. The first-order chi connectivity index (χ1) is 5.68. The average Bonchev–Trinajstić information content (AvgIpc) is 2.75. The van der Waals surface area contributed by atoms with Crippen LogP contribution in [0.2, 0.25) is 0 Å². The molecule has 2 fully saturated rings. The van der Waals surface area contributed by atoms with Gasteiger partial charge >= 0.3 is 0 Å². The molecule has 1 aliphatic carbocycles. The molecule has 1 atom stereocenters. The van der Waals surface area contributed by atoms with Gasteiger partial charge in [0.05, 0.1) is 0 Å². The molecule has 0 aromatic rings. The first kappa shape index (κ1) is 8.09. The van der Waals surface area contributed by atoms with Gasteiger partial charge in [-0.15, -0.1) is 0 Å². The molecule has 2 heteroatoms. The highest BCUT2D eigenvalue weighted by molar-refractivity contribution is 5.79. The Kier molecular flexibility index (Phi) is 1.85. The summed E-state index contributed by atoms with van der Waals surface area (Å²) in [6.45, 7) is 5.46. The molecular weight excluding hydrogens is 150 g/mol. The van der Waals surface area contributed by atoms with E-state index in [0.29, 0.717) is 23.8 Å². The summed E-state index contributed by atoms with van der Waals surface area (Å²) in [4.78, 5) is 13.6. The molecule has 0 spiro atoms. The number of nitrogens with zero attached hydrogens (tertiary/aromatic N) is 1. The minimum Gasteiger partial charge on any atom is -0.339 e. The molecule has 12 heavy (non-hydrogen) atoms. The van der Waals surface area contributed by atoms with Crippen molar-refractivity contribution in [2.45, 2.75) is 39.2 Å². The Balaban J connectivity index is 1.97. The van der Waals surface area contributed by atoms with Gasteiger partial charge < -0.3 is 4.90 Å². The van der Waals surface area contributed by atoms with Gasteiger partial charge in [0.2, 0.25) is 5.91 Å². The van der Waals surface area contributed by atoms with E-state index in [4.69, 9.17) is 0 Å². The van der Waals surface area contributed by atoms with E-state index < -0.39 is 0 Å². The molecule has 1 heterocycles. The predicted octanol–water partition coefficient (Wildman–Crippen LogP) is 1.65. The van der Waals surface area contributed by atoms with Crippen molar-refractivity contribution in [1.29, 1.82) is 0 Å². The lowest BCUT2D eigenvalue weighted by Crippen LogP contribution is -2.27. The van der Waals surface area contributed by atoms with Gasteiger partial charge in [0.15, 0.2) is 0 Å². The SMILES string of the molecule is CC(C)C1CC(=O)N(C2CC2)C1. The third kappa shape index (κ3) is 1.35. The van der Waals surface area contributed by atoms with Crippen LogP contribution in [-0.4, -0.2) is 23.4 Å². The van der Waals surface area contributed by atoms with E-state index in [-0.39, 0.29) is 0 Å². The summed E-state index contributed by atoms with van der Waals surface area (Å²) in [5, 5.41) is 0. The minimum absolute atomic E-state index is 0.399. The van der Waals surface area contributed by atoms with Crippen molar-refractivity contribution in [3.63, 3.8) is 0 Å². The summed E-state index contributed by atoms with van der Waals surface area (Å²) in [5.41, 5.74) is 0. The summed E-state index contributed by atoms with van der Waals surface area (Å²) in [7, 11) is 0. The molecular formula is C10H17NO. The second-order valence-corrected chi connectivity index (χ2v) is 4.49. The Morgan fingerprint density at radius 3 is 2.50 bits per heavy atom. The molecule has 1 aliphatic heterocycles. The van der Waals surface area contributed by atoms with Crippen LogP contribution < -0.4 is 0 Å². The number of carbonyl (C=O) groups is 1. The van der Waals surface area contributed by atoms with Gasteiger partial charge in [-0.2, -0.15) is 0 Å². The topological polar surface area (TPSA) is 20.3 Å². The van der Waals surface area contributed by atoms with Gasteiger partial charge in [-0.1, -0.05) is 13.8 Å². The molecule has 0 N–H and O–H groups in total. The van der Waals surface area contributed by atoms with Crippen molar-refractivity contribution in [2.24, 2.45) is 11.8 Å². The predicted molar refractivity (Wildman–Crippen MR) is 47.7 cm³/mol. The molecule has 2 rings (SSSR count). The Labute approximate surface area is 73.9 Å². The summed E-state index contributed by atoms with van der Waals surface area (Å²) < 4.78 is 0. The lowest BCUT2D eigenvalue weighted by Gasteiger charge is -2.16. The van der Waals surface area contributed by atoms with E-state index >= 15 is 0 Å². The average molecular weight is 167 g/mol. The van der Waals surface area contributed by atoms with Crippen LogP contribution in [0, 0.1) is 11.8 Å². The van der Waals surface area contributed by atoms with Crippen LogP contribution in [0.15, 0.2) is 0 Å². The van der Waals surface area contributed by atoms with Gasteiger partial charge in [-0.3, -0.25) is 4.79 Å². The largest absolute Gasteiger partial charge is 0.339 e. The van der Waals surface area contributed by atoms with Crippen LogP contribution >= 0.6 is 0 Å². The third-order valence-corrected chi connectivity index (χ3v) is 3.12. The first-order valence-electron chi connectivity index (χ1n) is 4.98. The van der Waals surface area contributed by atoms with E-state index in [2.05, 4.69) is 18.7 Å². The highest BCUT2D eigenvalue weighted by Crippen LogP contribution is 2.34. The van der Waals surface area contributed by atoms with E-state index in [1.807, 2.05) is 0 Å². The second-order valence-electron chi connectivity index (χ2n) is 4.49. The normalized spacial score (nSPS) is 30.4. The lowest BCUT2D eigenvalue weighted by molar-refractivity contribution is -0.128. The molecule has 1 saturated heterocycles. The van der Waals surface area contributed by atoms with E-state index in [1.165, 1.54) is 12.8 Å². The highest BCUT2D eigenvalue weighted by Gasteiger charge is 2.39. The van der Waals surface area contributed by atoms with E-state index in [0.717, 1.165) is 13.0 Å². The smallest absolute Gasteiger partial charge is 0.223 e. The maximum Gasteiger partial charge on any atom is 0.223 e. The summed E-state index contributed by atoms with van der Waals surface area (Å²) >= 11 is 0. The fourth-order valence-corrected chi connectivity index (χ4v) is 1.95. The Bertz CT molecular complexity index is 196. The van der Waals surface area contributed by atoms with Crippen molar-refractivity contribution in [3.8, 4) is 0 Å². The number of hydrogen-bond acceptors (Lipinski definition) is 1. The maximum absolute atomic E-state index is 11.5. The van der Waals surface area contributed by atoms with Gasteiger partial charge in [0.1, 0.15) is 0 Å². The number of likely N-dealkylation sites (tertiary alicyclic amines) is 1. The number of hydrogen-bond donors (Lipinski definition) is 0. The van der Waals surface area contributed by atoms with Crippen molar-refractivity contribution >= 4 is 5.91 Å². The van der Waals surface area contributed by atoms with Gasteiger partial charge in [-0.25, -0.2) is 0 Å². The molecule has 0 bridgehead atoms. The molecule has 2 aliphatic rings. The van der Waals surface area contributed by atoms with Crippen LogP contribution in [-0.2, 0) is 4.79 Å². The minimum atomic E-state index is 0.399. The Hall–Kier alpha value is -0.530. The fourth-order valence-electron chi connectivity index (χ4n) is 1.95. The summed E-state index contributed by atoms with van der Waals surface area (Å²) in [6, 6.07) is 0.626. The summed E-state index contributed by atoms with van der Waals surface area (Å²) in [5.74, 6) is 1.69. The zero-order chi connectivity index (χ0) is 8.72. The van der Waals surface area contributed by atoms with Crippen LogP contribution in [0.3, 0.4) is 0 Å². The van der Waals surface area contributed by atoms with Crippen LogP contribution in [0.4, 0.5) is 0 Å². The molecule has 0 radical (unpaired) electrons. The number of rotatable bonds is 2. The van der Waals surface area contributed by atoms with Crippen molar-refractivity contribution < 1.29 is 4.79 Å². The van der Waals surface area contributed by atoms with Crippen molar-refractivity contribution in [2.75, 3.05) is 6.54 Å². The zero-order valence-corrected chi connectivity index (χ0v) is 7.92. The Morgan fingerprint density at radius 2 is 2.08 bits per heavy atom. The number of amides is 1. The van der Waals surface area contributed by atoms with Crippen molar-refractivity contribution in [1.82, 2.24) is 4.90 Å². The fraction of sp³-hybridized carbons (Fsp3) is 0.900. The van der Waals surface area contributed by atoms with Crippen molar-refractivity contribution in [3.05, 3.63) is 0 Å². The lowest BCUT2D eigenvalue weighted by atomic mass is 9.95. The van der Waals surface area contributed by atoms with Crippen LogP contribution in [0.25, 0.3) is 0 Å². The van der Waals surface area contributed by atoms with Gasteiger partial charge in [0, 0.05) is 19.0 Å². The molecule has 68 valence electrons. The first-order valence-corrected chi connectivity index (χ1v) is 4.98. The maximum atomic E-state index is 11.5. The van der Waals surface area contributed by atoms with E-state index in [9.17, 15) is 4.79 Å². The van der Waals surface area contributed by atoms with Gasteiger partial charge in [0.25, 0.3) is 0 Å². The third-order valence-electron chi connectivity index (χ3n) is 3.12. The Morgan fingerprint density at radius 1 is 1.42 bits per heavy atom. The van der Waals surface area contributed by atoms with E-state index in [1.54, 1.807) is 0 Å². The standard InChI is InChI=1S/C10H17NO/c1-7(2)8-5-10(12)11(6-8)9-3-4-9/h7-9H,3-6H2,1-2H3. The molecule has 1 unspecified atom stereocenters. The molecule has 2 nitrogen and oxygen atoms in total. The summed E-state index contributed by atoms with van der Waals surface area (Å²) in [6.07, 6.45) is 3.29. The van der Waals surface area contributed by atoms with Crippen LogP contribution in [0.5, 0.6) is 0 Å². The molecule has 1 saturated carbocycles. The van der Waals surface area contributed by atoms with Gasteiger partial charge in [-0.05, 0) is 24.7 Å². The molecule has 1 amide bonds. The molecule has 0 aromatic carbocycles. The van der Waals surface area contributed by atoms with Crippen LogP contribution in [0.1, 0.15) is 33.1 Å².